The number of rotatable bonds is 6. The molecule has 0 atom stereocenters. The topological polar surface area (TPSA) is 44.8 Å². The van der Waals surface area contributed by atoms with Gasteiger partial charge >= 0.3 is 6.18 Å². The summed E-state index contributed by atoms with van der Waals surface area (Å²) in [6.45, 7) is 4.11. The lowest BCUT2D eigenvalue weighted by atomic mass is 10.0. The van der Waals surface area contributed by atoms with Crippen molar-refractivity contribution in [2.45, 2.75) is 50.6 Å². The Kier molecular flexibility index (Phi) is 8.24. The summed E-state index contributed by atoms with van der Waals surface area (Å²) in [5.41, 5.74) is 0.748. The molecular formula is C26H31ClF3N3O2. The van der Waals surface area contributed by atoms with Crippen LogP contribution in [0.4, 0.5) is 13.2 Å². The molecule has 5 nitrogen and oxygen atoms in total. The van der Waals surface area contributed by atoms with Crippen molar-refractivity contribution in [3.63, 3.8) is 0 Å². The molecule has 0 spiro atoms. The first kappa shape index (κ1) is 25.8. The molecule has 0 aromatic heterocycles. The number of carbonyl (C=O) groups is 1. The number of nitrogens with one attached hydrogen (secondary N) is 1. The highest BCUT2D eigenvalue weighted by Gasteiger charge is 2.30. The van der Waals surface area contributed by atoms with Crippen LogP contribution < -0.4 is 10.1 Å². The van der Waals surface area contributed by atoms with Gasteiger partial charge in [0.05, 0.1) is 10.6 Å². The van der Waals surface area contributed by atoms with Gasteiger partial charge in [0.25, 0.3) is 5.91 Å². The molecule has 2 saturated heterocycles. The largest absolute Gasteiger partial charge is 0.489 e. The number of hydrogen-bond donors (Lipinski definition) is 1. The standard InChI is InChI=1S/C26H31ClF3N3O2/c1-32-12-8-21(9-13-32)31-25(34)19-4-7-24(23(27)16-19)35-22-10-14-33(15-11-22)17-18-2-5-20(6-3-18)26(28,29)30/h2-7,16,21-22H,8-15,17H2,1H3,(H,31,34). The van der Waals surface area contributed by atoms with E-state index >= 15 is 0 Å². The molecule has 0 bridgehead atoms. The molecule has 1 N–H and O–H groups in total. The Morgan fingerprint density at radius 1 is 1.03 bits per heavy atom. The first-order valence-electron chi connectivity index (χ1n) is 12.0. The van der Waals surface area contributed by atoms with Crippen LogP contribution in [0.15, 0.2) is 42.5 Å². The molecule has 2 aromatic carbocycles. The number of amides is 1. The molecule has 0 aliphatic carbocycles. The summed E-state index contributed by atoms with van der Waals surface area (Å²) >= 11 is 6.43. The number of alkyl halides is 3. The van der Waals surface area contributed by atoms with E-state index < -0.39 is 11.7 Å². The number of hydrogen-bond acceptors (Lipinski definition) is 4. The molecule has 4 rings (SSSR count). The Hall–Kier alpha value is -2.29. The van der Waals surface area contributed by atoms with Crippen molar-refractivity contribution in [1.82, 2.24) is 15.1 Å². The quantitative estimate of drug-likeness (QED) is 0.579. The van der Waals surface area contributed by atoms with Gasteiger partial charge in [-0.25, -0.2) is 0 Å². The molecule has 2 heterocycles. The summed E-state index contributed by atoms with van der Waals surface area (Å²) in [5, 5.41) is 3.50. The van der Waals surface area contributed by atoms with Crippen LogP contribution in [0.5, 0.6) is 5.75 Å². The minimum absolute atomic E-state index is 0.00439. The Labute approximate surface area is 209 Å². The Balaban J connectivity index is 1.24. The van der Waals surface area contributed by atoms with Crippen LogP contribution in [0.25, 0.3) is 0 Å². The zero-order valence-electron chi connectivity index (χ0n) is 19.8. The Morgan fingerprint density at radius 2 is 1.69 bits per heavy atom. The lowest BCUT2D eigenvalue weighted by Crippen LogP contribution is -2.43. The van der Waals surface area contributed by atoms with Crippen molar-refractivity contribution in [3.8, 4) is 5.75 Å². The van der Waals surface area contributed by atoms with E-state index in [9.17, 15) is 18.0 Å². The predicted octanol–water partition coefficient (Wildman–Crippen LogP) is 5.23. The van der Waals surface area contributed by atoms with E-state index in [0.717, 1.165) is 69.6 Å². The van der Waals surface area contributed by atoms with Gasteiger partial charge < -0.3 is 15.0 Å². The molecule has 9 heteroatoms. The second kappa shape index (κ2) is 11.2. The molecule has 2 aliphatic rings. The maximum atomic E-state index is 12.7. The summed E-state index contributed by atoms with van der Waals surface area (Å²) in [4.78, 5) is 17.1. The number of piperidine rings is 2. The number of halogens is 4. The Bertz CT molecular complexity index is 1000. The van der Waals surface area contributed by atoms with Crippen LogP contribution in [0.2, 0.25) is 5.02 Å². The van der Waals surface area contributed by atoms with Crippen LogP contribution >= 0.6 is 11.6 Å². The van der Waals surface area contributed by atoms with Crippen molar-refractivity contribution in [3.05, 3.63) is 64.2 Å². The summed E-state index contributed by atoms with van der Waals surface area (Å²) in [6.07, 6.45) is -0.867. The zero-order valence-corrected chi connectivity index (χ0v) is 20.5. The SMILES string of the molecule is CN1CCC(NC(=O)c2ccc(OC3CCN(Cc4ccc(C(F)(F)F)cc4)CC3)c(Cl)c2)CC1. The number of ether oxygens (including phenoxy) is 1. The zero-order chi connectivity index (χ0) is 25.0. The van der Waals surface area contributed by atoms with Crippen LogP contribution in [-0.2, 0) is 12.7 Å². The lowest BCUT2D eigenvalue weighted by molar-refractivity contribution is -0.137. The smallest absolute Gasteiger partial charge is 0.416 e. The van der Waals surface area contributed by atoms with E-state index in [1.807, 2.05) is 0 Å². The van der Waals surface area contributed by atoms with Gasteiger partial charge in [0.15, 0.2) is 0 Å². The molecule has 0 radical (unpaired) electrons. The third-order valence-electron chi connectivity index (χ3n) is 6.76. The minimum Gasteiger partial charge on any atom is -0.489 e. The van der Waals surface area contributed by atoms with E-state index in [0.29, 0.717) is 22.9 Å². The first-order valence-corrected chi connectivity index (χ1v) is 12.4. The van der Waals surface area contributed by atoms with Gasteiger partial charge in [0, 0.05) is 31.2 Å². The fourth-order valence-corrected chi connectivity index (χ4v) is 4.81. The van der Waals surface area contributed by atoms with Gasteiger partial charge in [-0.1, -0.05) is 23.7 Å². The molecule has 2 aromatic rings. The number of nitrogens with zero attached hydrogens (tertiary/aromatic N) is 2. The average molecular weight is 510 g/mol. The average Bonchev–Trinajstić information content (AvgIpc) is 2.83. The fourth-order valence-electron chi connectivity index (χ4n) is 4.58. The molecular weight excluding hydrogens is 479 g/mol. The van der Waals surface area contributed by atoms with E-state index in [-0.39, 0.29) is 18.1 Å². The van der Waals surface area contributed by atoms with Gasteiger partial charge in [-0.2, -0.15) is 13.2 Å². The second-order valence-corrected chi connectivity index (χ2v) is 9.89. The van der Waals surface area contributed by atoms with Gasteiger partial charge in [0.1, 0.15) is 11.9 Å². The molecule has 0 unspecified atom stereocenters. The normalized spacial score (nSPS) is 19.0. The van der Waals surface area contributed by atoms with Crippen molar-refractivity contribution in [1.29, 1.82) is 0 Å². The monoisotopic (exact) mass is 509 g/mol. The van der Waals surface area contributed by atoms with Gasteiger partial charge in [0.2, 0.25) is 0 Å². The first-order chi connectivity index (χ1) is 16.7. The number of carbonyl (C=O) groups excluding carboxylic acids is 1. The maximum Gasteiger partial charge on any atom is 0.416 e. The molecule has 2 aliphatic heterocycles. The third kappa shape index (κ3) is 7.12. The summed E-state index contributed by atoms with van der Waals surface area (Å²) < 4.78 is 44.3. The van der Waals surface area contributed by atoms with E-state index in [2.05, 4.69) is 22.2 Å². The summed E-state index contributed by atoms with van der Waals surface area (Å²) in [6, 6.07) is 10.7. The second-order valence-electron chi connectivity index (χ2n) is 9.48. The van der Waals surface area contributed by atoms with Crippen molar-refractivity contribution in [2.24, 2.45) is 0 Å². The minimum atomic E-state index is -4.32. The molecule has 35 heavy (non-hydrogen) atoms. The molecule has 2 fully saturated rings. The van der Waals surface area contributed by atoms with Crippen LogP contribution in [0.3, 0.4) is 0 Å². The maximum absolute atomic E-state index is 12.7. The number of likely N-dealkylation sites (tertiary alicyclic amines) is 2. The fraction of sp³-hybridized carbons (Fsp3) is 0.500. The number of benzene rings is 2. The van der Waals surface area contributed by atoms with E-state index in [1.54, 1.807) is 18.2 Å². The highest BCUT2D eigenvalue weighted by Crippen LogP contribution is 2.30. The highest BCUT2D eigenvalue weighted by molar-refractivity contribution is 6.32. The van der Waals surface area contributed by atoms with Gasteiger partial charge in [-0.3, -0.25) is 9.69 Å². The highest BCUT2D eigenvalue weighted by atomic mass is 35.5. The van der Waals surface area contributed by atoms with Gasteiger partial charge in [-0.15, -0.1) is 0 Å². The van der Waals surface area contributed by atoms with Crippen molar-refractivity contribution >= 4 is 17.5 Å². The molecule has 1 amide bonds. The van der Waals surface area contributed by atoms with Crippen LogP contribution in [0, 0.1) is 0 Å². The molecule has 190 valence electrons. The summed E-state index contributed by atoms with van der Waals surface area (Å²) in [5.74, 6) is 0.438. The van der Waals surface area contributed by atoms with Crippen molar-refractivity contribution in [2.75, 3.05) is 33.2 Å². The van der Waals surface area contributed by atoms with Crippen LogP contribution in [0.1, 0.15) is 47.2 Å². The third-order valence-corrected chi connectivity index (χ3v) is 7.06. The molecule has 0 saturated carbocycles. The van der Waals surface area contributed by atoms with E-state index in [4.69, 9.17) is 16.3 Å². The summed E-state index contributed by atoms with van der Waals surface area (Å²) in [7, 11) is 2.08. The van der Waals surface area contributed by atoms with Crippen LogP contribution in [-0.4, -0.2) is 61.1 Å². The van der Waals surface area contributed by atoms with E-state index in [1.165, 1.54) is 12.1 Å². The van der Waals surface area contributed by atoms with Crippen molar-refractivity contribution < 1.29 is 22.7 Å². The predicted molar refractivity (Wildman–Crippen MR) is 130 cm³/mol. The lowest BCUT2D eigenvalue weighted by Gasteiger charge is -2.32. The Morgan fingerprint density at radius 3 is 2.29 bits per heavy atom. The van der Waals surface area contributed by atoms with Gasteiger partial charge in [-0.05, 0) is 81.7 Å².